The molecule has 0 radical (unpaired) electrons. The van der Waals surface area contributed by atoms with Gasteiger partial charge in [0, 0.05) is 161 Å². The second-order valence-electron chi connectivity index (χ2n) is 26.0. The monoisotopic (exact) mass is 1360 g/mol. The number of rotatable bonds is 16. The molecule has 10 heterocycles. The molecule has 3 aromatic heterocycles. The molecule has 26 nitrogen and oxygen atoms in total. The fourth-order valence-electron chi connectivity index (χ4n) is 12.9. The molecular formula is C70H77FN14O12S. The summed E-state index contributed by atoms with van der Waals surface area (Å²) < 4.78 is 34.6. The van der Waals surface area contributed by atoms with Gasteiger partial charge in [0.25, 0.3) is 29.5 Å². The van der Waals surface area contributed by atoms with Gasteiger partial charge < -0.3 is 43.7 Å². The Morgan fingerprint density at radius 1 is 0.694 bits per heavy atom. The average molecular weight is 1360 g/mol. The van der Waals surface area contributed by atoms with Gasteiger partial charge >= 0.3 is 5.97 Å². The zero-order valence-corrected chi connectivity index (χ0v) is 55.6. The number of aryl methyl sites for hydroxylation is 1. The van der Waals surface area contributed by atoms with Gasteiger partial charge in [-0.2, -0.15) is 0 Å². The number of esters is 1. The van der Waals surface area contributed by atoms with Crippen LogP contribution in [0.4, 0.5) is 20.9 Å². The summed E-state index contributed by atoms with van der Waals surface area (Å²) in [7, 11) is 0. The first-order valence-electron chi connectivity index (χ1n) is 33.0. The van der Waals surface area contributed by atoms with Crippen LogP contribution in [0.15, 0.2) is 96.9 Å². The predicted molar refractivity (Wildman–Crippen MR) is 357 cm³/mol. The van der Waals surface area contributed by atoms with E-state index in [0.29, 0.717) is 92.6 Å². The normalized spacial score (nSPS) is 19.4. The number of imide groups is 2. The van der Waals surface area contributed by atoms with E-state index in [9.17, 15) is 43.2 Å². The second-order valence-corrected chi connectivity index (χ2v) is 26.9. The van der Waals surface area contributed by atoms with E-state index in [1.807, 2.05) is 78.8 Å². The minimum atomic E-state index is -1.10. The second kappa shape index (κ2) is 30.1. The third-order valence-corrected chi connectivity index (χ3v) is 18.7. The molecule has 5 fully saturated rings. The maximum absolute atomic E-state index is 15.7. The maximum atomic E-state index is 15.7. The fraction of sp³-hybridized carbons (Fsp3) is 0.429. The lowest BCUT2D eigenvalue weighted by molar-refractivity contribution is -0.156. The van der Waals surface area contributed by atoms with Crippen LogP contribution in [0, 0.1) is 17.7 Å². The van der Waals surface area contributed by atoms with Crippen molar-refractivity contribution in [3.8, 4) is 23.3 Å². The number of carbonyl (C=O) groups is 9. The van der Waals surface area contributed by atoms with E-state index in [2.05, 4.69) is 67.7 Å². The number of ether oxygens (including phenoxy) is 3. The van der Waals surface area contributed by atoms with Gasteiger partial charge in [-0.3, -0.25) is 68.9 Å². The number of anilines is 3. The van der Waals surface area contributed by atoms with E-state index in [-0.39, 0.29) is 76.9 Å². The number of aromatic nitrogens is 4. The summed E-state index contributed by atoms with van der Waals surface area (Å²) >= 11 is 1.25. The van der Waals surface area contributed by atoms with Crippen molar-refractivity contribution in [1.29, 1.82) is 0 Å². The van der Waals surface area contributed by atoms with Crippen molar-refractivity contribution in [3.05, 3.63) is 142 Å². The lowest BCUT2D eigenvalue weighted by Crippen LogP contribution is -2.52. The molecule has 98 heavy (non-hydrogen) atoms. The fourth-order valence-corrected chi connectivity index (χ4v) is 13.4. The molecule has 0 saturated carbocycles. The molecule has 0 aliphatic carbocycles. The molecule has 3 aromatic carbocycles. The van der Waals surface area contributed by atoms with Gasteiger partial charge in [-0.05, 0) is 119 Å². The lowest BCUT2D eigenvalue weighted by Gasteiger charge is -2.38. The average Bonchev–Trinajstić information content (AvgIpc) is 1.59. The van der Waals surface area contributed by atoms with E-state index in [1.54, 1.807) is 30.0 Å². The summed E-state index contributed by atoms with van der Waals surface area (Å²) in [4.78, 5) is 138. The number of benzene rings is 3. The van der Waals surface area contributed by atoms with Crippen molar-refractivity contribution in [1.82, 2.24) is 55.1 Å². The lowest BCUT2D eigenvalue weighted by atomic mass is 10.0. The third kappa shape index (κ3) is 16.8. The molecule has 28 heteroatoms. The van der Waals surface area contributed by atoms with Gasteiger partial charge in [-0.1, -0.05) is 11.8 Å². The van der Waals surface area contributed by atoms with Crippen LogP contribution in [0.1, 0.15) is 121 Å². The minimum Gasteiger partial charge on any atom is -0.481 e. The highest BCUT2D eigenvalue weighted by molar-refractivity contribution is 7.13. The van der Waals surface area contributed by atoms with E-state index < -0.39 is 47.4 Å². The van der Waals surface area contributed by atoms with E-state index in [1.165, 1.54) is 34.6 Å². The van der Waals surface area contributed by atoms with Crippen LogP contribution < -0.4 is 40.5 Å². The molecule has 7 aliphatic heterocycles. The number of thiazole rings is 1. The largest absolute Gasteiger partial charge is 0.481 e. The molecule has 7 aliphatic rings. The van der Waals surface area contributed by atoms with Gasteiger partial charge in [0.15, 0.2) is 23.4 Å². The third-order valence-electron chi connectivity index (χ3n) is 18.0. The first-order valence-corrected chi connectivity index (χ1v) is 33.9. The molecule has 3 atom stereocenters. The highest BCUT2D eigenvalue weighted by Crippen LogP contribution is 2.37. The highest BCUT2D eigenvalue weighted by atomic mass is 32.1. The van der Waals surface area contributed by atoms with Crippen molar-refractivity contribution in [2.75, 3.05) is 93.7 Å². The molecule has 6 aromatic rings. The maximum Gasteiger partial charge on any atom is 0.320 e. The number of piperazine rings is 2. The number of hydrogen-bond donors (Lipinski definition) is 4. The number of pyridine rings is 1. The molecule has 0 bridgehead atoms. The number of likely N-dealkylation sites (tertiary alicyclic amines) is 1. The number of imidazole rings is 1. The Kier molecular flexibility index (Phi) is 20.9. The number of hydrogen-bond acceptors (Lipinski definition) is 20. The Bertz CT molecular complexity index is 4040. The summed E-state index contributed by atoms with van der Waals surface area (Å²) in [5, 5.41) is 12.6. The molecule has 13 rings (SSSR count). The quantitative estimate of drug-likeness (QED) is 0.0584. The molecule has 0 unspecified atom stereocenters. The molecular weight excluding hydrogens is 1280 g/mol. The molecule has 8 amide bonds. The van der Waals surface area contributed by atoms with Gasteiger partial charge in [-0.25, -0.2) is 19.3 Å². The standard InChI is InChI=1S/C49H48FN11O7S.C21H29N3O5/c50-37-25-31(24-35-36(37)27-61(48(35)67)44(47(66)56-49-51-15-23-69-49)43-39-2-1-16-60(39)29-53-43)4-3-30-5-10-38(52-26-30)45(64)54-32-13-17-59(18-14-32)42(63)28-57-19-21-58(22-20-57)33-6-8-34(9-7-33)68-40-11-12-41(62)55-46(40)65;1-21(2,3)29-19(26)14-23-10-12-24(13-11-23)15-4-6-16(7-5-15)28-17-8-9-18(25)22-20(17)27/h5-10,15,23-26,29,32,40,44H,1-2,11-14,16-22,27-28H2,(H,54,64)(H,51,56,66)(H,55,62,65);4-7,17H,8-14H2,1-3H3,(H,22,25,27)/t40-,44-;17-/m11/s1. The van der Waals surface area contributed by atoms with Gasteiger partial charge in [-0.15, -0.1) is 11.3 Å². The van der Waals surface area contributed by atoms with Crippen molar-refractivity contribution < 1.29 is 61.8 Å². The first-order chi connectivity index (χ1) is 47.2. The number of nitrogens with zero attached hydrogens (tertiary/aromatic N) is 10. The number of amides is 8. The summed E-state index contributed by atoms with van der Waals surface area (Å²) in [5.74, 6) is 3.65. The van der Waals surface area contributed by atoms with Crippen LogP contribution in [0.3, 0.4) is 0 Å². The van der Waals surface area contributed by atoms with Gasteiger partial charge in [0.2, 0.25) is 17.7 Å². The zero-order chi connectivity index (χ0) is 68.6. The Morgan fingerprint density at radius 3 is 1.86 bits per heavy atom. The molecule has 5 saturated heterocycles. The Labute approximate surface area is 569 Å². The molecule has 0 spiro atoms. The smallest absolute Gasteiger partial charge is 0.320 e. The van der Waals surface area contributed by atoms with Crippen molar-refractivity contribution in [2.24, 2.45) is 0 Å². The van der Waals surface area contributed by atoms with Gasteiger partial charge in [0.05, 0.1) is 31.7 Å². The van der Waals surface area contributed by atoms with Crippen molar-refractivity contribution >= 4 is 81.1 Å². The van der Waals surface area contributed by atoms with Crippen LogP contribution in [0.2, 0.25) is 0 Å². The Hall–Kier alpha value is -10.1. The van der Waals surface area contributed by atoms with Crippen LogP contribution >= 0.6 is 11.3 Å². The summed E-state index contributed by atoms with van der Waals surface area (Å²) in [6.45, 7) is 14.1. The zero-order valence-electron chi connectivity index (χ0n) is 54.8. The molecule has 4 N–H and O–H groups in total. The number of fused-ring (bicyclic) bond motifs is 2. The van der Waals surface area contributed by atoms with Crippen LogP contribution in [0.5, 0.6) is 11.5 Å². The first kappa shape index (κ1) is 67.9. The topological polar surface area (TPSA) is 292 Å². The SMILES string of the molecule is CC(C)(C)OC(=O)CN1CCN(c2ccc(O[C@@H]3CCC(=O)NC3=O)cc2)CC1.O=C1CC[C@@H](Oc2ccc(N3CCN(CC(=O)N4CCC(NC(=O)c5ccc(C#Cc6cc(F)c7c(c6)C(=O)N([C@@H](C(=O)Nc6nccs6)c6ncn8c6CCC8)C7)cn5)CC4)CC3)cc2)C(=O)N1. The summed E-state index contributed by atoms with van der Waals surface area (Å²) in [6.07, 6.45) is 7.52. The Morgan fingerprint density at radius 2 is 1.30 bits per heavy atom. The van der Waals surface area contributed by atoms with Gasteiger partial charge in [0.1, 0.15) is 28.6 Å². The van der Waals surface area contributed by atoms with Crippen molar-refractivity contribution in [3.63, 3.8) is 0 Å². The minimum absolute atomic E-state index is 0.0620. The van der Waals surface area contributed by atoms with E-state index in [4.69, 9.17) is 14.2 Å². The highest BCUT2D eigenvalue weighted by Gasteiger charge is 2.42. The van der Waals surface area contributed by atoms with E-state index >= 15 is 4.39 Å². The van der Waals surface area contributed by atoms with E-state index in [0.717, 1.165) is 82.4 Å². The van der Waals surface area contributed by atoms with Crippen LogP contribution in [-0.4, -0.2) is 195 Å². The number of carbonyl (C=O) groups excluding carboxylic acids is 9. The molecule has 512 valence electrons. The number of halogens is 1. The van der Waals surface area contributed by atoms with Crippen LogP contribution in [0.25, 0.3) is 0 Å². The number of nitrogens with one attached hydrogen (secondary N) is 4. The number of piperidine rings is 3. The predicted octanol–water partition coefficient (Wildman–Crippen LogP) is 4.62. The van der Waals surface area contributed by atoms with Crippen LogP contribution in [-0.2, 0) is 57.8 Å². The summed E-state index contributed by atoms with van der Waals surface area (Å²) in [5.41, 5.74) is 4.23. The summed E-state index contributed by atoms with van der Waals surface area (Å²) in [6, 6.07) is 20.0. The van der Waals surface area contributed by atoms with Crippen molar-refractivity contribution in [2.45, 2.75) is 115 Å². The Balaban J connectivity index is 0.000000263.